The first-order chi connectivity index (χ1) is 15.4. The second-order valence-electron chi connectivity index (χ2n) is 12.8. The molecule has 0 amide bonds. The highest BCUT2D eigenvalue weighted by Crippen LogP contribution is 2.69. The number of Topliss-reactive ketones (excluding diaryl/α,β-unsaturated/α-hetero) is 2. The highest BCUT2D eigenvalue weighted by molar-refractivity contribution is 6.03. The smallest absolute Gasteiger partial charge is 0.167 e. The molecule has 4 aliphatic carbocycles. The Morgan fingerprint density at radius 1 is 1.09 bits per heavy atom. The number of hydrogen-bond acceptors (Lipinski definition) is 5. The van der Waals surface area contributed by atoms with E-state index in [-0.39, 0.29) is 41.0 Å². The first-order valence-electron chi connectivity index (χ1n) is 13.2. The van der Waals surface area contributed by atoms with Crippen LogP contribution >= 0.6 is 0 Å². The first kappa shape index (κ1) is 23.7. The normalized spacial score (nSPS) is 50.0. The molecule has 5 aliphatic rings. The predicted molar refractivity (Wildman–Crippen MR) is 125 cm³/mol. The van der Waals surface area contributed by atoms with Gasteiger partial charge >= 0.3 is 0 Å². The van der Waals surface area contributed by atoms with Gasteiger partial charge in [0.2, 0.25) is 0 Å². The van der Waals surface area contributed by atoms with Crippen molar-refractivity contribution in [1.82, 2.24) is 0 Å². The molecular weight excluding hydrogens is 416 g/mol. The van der Waals surface area contributed by atoms with E-state index in [0.717, 1.165) is 37.7 Å². The van der Waals surface area contributed by atoms with Crippen molar-refractivity contribution in [3.05, 3.63) is 11.1 Å². The van der Waals surface area contributed by atoms with Crippen LogP contribution in [0.25, 0.3) is 0 Å². The van der Waals surface area contributed by atoms with Gasteiger partial charge in [0.15, 0.2) is 5.78 Å². The van der Waals surface area contributed by atoms with Gasteiger partial charge in [-0.15, -0.1) is 0 Å². The van der Waals surface area contributed by atoms with Gasteiger partial charge in [0.05, 0.1) is 6.10 Å². The third-order valence-electron chi connectivity index (χ3n) is 11.1. The standard InChI is InChI=1S/C28H42O5/c1-14(2)15(3)22(30)18-7-8-19(16(18)4)26(5)11-10-20-21(24(26)32)23(31)25-28(33-25)13-17(29)9-12-27(20,28)6/h14-19,23,25,29,31H,7-13H2,1-6H3/t15-,16-,17+,18+,19-,23+,25+,26-,27-,28+/m1/s1. The van der Waals surface area contributed by atoms with E-state index in [0.29, 0.717) is 30.1 Å². The van der Waals surface area contributed by atoms with Crippen LogP contribution in [-0.2, 0) is 14.3 Å². The molecule has 2 N–H and O–H groups in total. The number of carbonyl (C=O) groups is 2. The third kappa shape index (κ3) is 3.00. The van der Waals surface area contributed by atoms with Gasteiger partial charge in [0.25, 0.3) is 0 Å². The largest absolute Gasteiger partial charge is 0.393 e. The van der Waals surface area contributed by atoms with Crippen LogP contribution < -0.4 is 0 Å². The number of ether oxygens (including phenoxy) is 1. The zero-order valence-corrected chi connectivity index (χ0v) is 21.2. The minimum Gasteiger partial charge on any atom is -0.393 e. The van der Waals surface area contributed by atoms with Crippen LogP contribution in [0.2, 0.25) is 0 Å². The highest BCUT2D eigenvalue weighted by Gasteiger charge is 2.76. The Morgan fingerprint density at radius 2 is 1.79 bits per heavy atom. The number of carbonyl (C=O) groups excluding carboxylic acids is 2. The summed E-state index contributed by atoms with van der Waals surface area (Å²) in [5.41, 5.74) is 0.356. The number of ketones is 2. The molecule has 3 fully saturated rings. The number of aliphatic hydroxyl groups is 2. The lowest BCUT2D eigenvalue weighted by Crippen LogP contribution is -2.56. The first-order valence-corrected chi connectivity index (χ1v) is 13.2. The molecule has 5 nitrogen and oxygen atoms in total. The molecule has 2 saturated carbocycles. The fourth-order valence-electron chi connectivity index (χ4n) is 8.47. The SMILES string of the molecule is CC(C)[C@@H](C)C(=O)[C@H]1CC[C@@H]([C@@]2(C)CCC3=C(C2=O)[C@H](O)[C@@H]2O[C@@]24C[C@@H](O)CC[C@]34C)[C@@H]1C. The molecule has 0 aromatic rings. The van der Waals surface area contributed by atoms with Crippen LogP contribution in [0.4, 0.5) is 0 Å². The average Bonchev–Trinajstić information content (AvgIpc) is 3.36. The van der Waals surface area contributed by atoms with E-state index in [1.165, 1.54) is 0 Å². The molecule has 184 valence electrons. The van der Waals surface area contributed by atoms with Crippen molar-refractivity contribution in [2.24, 2.45) is 40.4 Å². The van der Waals surface area contributed by atoms with E-state index in [4.69, 9.17) is 4.74 Å². The van der Waals surface area contributed by atoms with Gasteiger partial charge in [-0.3, -0.25) is 9.59 Å². The molecule has 10 atom stereocenters. The highest BCUT2D eigenvalue weighted by atomic mass is 16.6. The number of epoxide rings is 1. The van der Waals surface area contributed by atoms with Gasteiger partial charge in [0.1, 0.15) is 23.6 Å². The van der Waals surface area contributed by atoms with E-state index in [1.807, 2.05) is 6.92 Å². The lowest BCUT2D eigenvalue weighted by Gasteiger charge is -2.52. The predicted octanol–water partition coefficient (Wildman–Crippen LogP) is 4.24. The van der Waals surface area contributed by atoms with Gasteiger partial charge in [-0.2, -0.15) is 0 Å². The lowest BCUT2D eigenvalue weighted by atomic mass is 9.50. The summed E-state index contributed by atoms with van der Waals surface area (Å²) in [6.45, 7) is 12.7. The van der Waals surface area contributed by atoms with Crippen molar-refractivity contribution >= 4 is 11.6 Å². The van der Waals surface area contributed by atoms with Crippen LogP contribution in [0.3, 0.4) is 0 Å². The zero-order valence-electron chi connectivity index (χ0n) is 21.2. The maximum Gasteiger partial charge on any atom is 0.167 e. The Kier molecular flexibility index (Phi) is 5.37. The van der Waals surface area contributed by atoms with E-state index in [1.54, 1.807) is 0 Å². The Hall–Kier alpha value is -1.04. The summed E-state index contributed by atoms with van der Waals surface area (Å²) in [4.78, 5) is 27.4. The molecule has 1 spiro atoms. The van der Waals surface area contributed by atoms with Gasteiger partial charge < -0.3 is 14.9 Å². The maximum atomic E-state index is 14.2. The summed E-state index contributed by atoms with van der Waals surface area (Å²) in [6.07, 6.45) is 3.70. The summed E-state index contributed by atoms with van der Waals surface area (Å²) >= 11 is 0. The average molecular weight is 459 g/mol. The van der Waals surface area contributed by atoms with Crippen LogP contribution in [-0.4, -0.2) is 45.7 Å². The molecule has 0 aromatic carbocycles. The molecule has 5 heteroatoms. The van der Waals surface area contributed by atoms with Gasteiger partial charge in [-0.25, -0.2) is 0 Å². The second-order valence-corrected chi connectivity index (χ2v) is 12.8. The molecule has 0 unspecified atom stereocenters. The summed E-state index contributed by atoms with van der Waals surface area (Å²) in [5, 5.41) is 21.6. The van der Waals surface area contributed by atoms with E-state index in [2.05, 4.69) is 34.6 Å². The maximum absolute atomic E-state index is 14.2. The topological polar surface area (TPSA) is 87.1 Å². The Morgan fingerprint density at radius 3 is 2.45 bits per heavy atom. The minimum absolute atomic E-state index is 0.0282. The Bertz CT molecular complexity index is 906. The van der Waals surface area contributed by atoms with Crippen LogP contribution in [0.1, 0.15) is 86.5 Å². The summed E-state index contributed by atoms with van der Waals surface area (Å²) in [5.74, 6) is 1.18. The molecule has 33 heavy (non-hydrogen) atoms. The summed E-state index contributed by atoms with van der Waals surface area (Å²) in [6, 6.07) is 0. The fraction of sp³-hybridized carbons (Fsp3) is 0.857. The number of fused-ring (bicyclic) bond motifs is 1. The van der Waals surface area contributed by atoms with E-state index in [9.17, 15) is 19.8 Å². The number of aliphatic hydroxyl groups excluding tert-OH is 2. The van der Waals surface area contributed by atoms with Gasteiger partial charge in [-0.1, -0.05) is 47.1 Å². The second kappa shape index (κ2) is 7.48. The quantitative estimate of drug-likeness (QED) is 0.616. The molecule has 0 radical (unpaired) electrons. The summed E-state index contributed by atoms with van der Waals surface area (Å²) < 4.78 is 6.16. The fourth-order valence-corrected chi connectivity index (χ4v) is 8.47. The lowest BCUT2D eigenvalue weighted by molar-refractivity contribution is -0.134. The number of hydrogen-bond donors (Lipinski definition) is 2. The van der Waals surface area contributed by atoms with E-state index < -0.39 is 23.2 Å². The van der Waals surface area contributed by atoms with E-state index >= 15 is 0 Å². The number of rotatable bonds is 4. The van der Waals surface area contributed by atoms with Crippen molar-refractivity contribution in [3.8, 4) is 0 Å². The van der Waals surface area contributed by atoms with Gasteiger partial charge in [0, 0.05) is 34.7 Å². The van der Waals surface area contributed by atoms with Crippen molar-refractivity contribution in [1.29, 1.82) is 0 Å². The Labute approximate surface area is 198 Å². The molecule has 1 heterocycles. The van der Waals surface area contributed by atoms with Gasteiger partial charge in [-0.05, 0) is 56.3 Å². The van der Waals surface area contributed by atoms with Crippen molar-refractivity contribution in [3.63, 3.8) is 0 Å². The molecular formula is C28H42O5. The van der Waals surface area contributed by atoms with Crippen LogP contribution in [0.5, 0.6) is 0 Å². The monoisotopic (exact) mass is 458 g/mol. The molecule has 0 bridgehead atoms. The van der Waals surface area contributed by atoms with Crippen molar-refractivity contribution in [2.75, 3.05) is 0 Å². The van der Waals surface area contributed by atoms with Crippen molar-refractivity contribution in [2.45, 2.75) is 110 Å². The molecule has 5 rings (SSSR count). The van der Waals surface area contributed by atoms with Crippen LogP contribution in [0, 0.1) is 40.4 Å². The third-order valence-corrected chi connectivity index (χ3v) is 11.1. The molecule has 1 saturated heterocycles. The zero-order chi connectivity index (χ0) is 24.1. The molecule has 1 aliphatic heterocycles. The van der Waals surface area contributed by atoms with Crippen molar-refractivity contribution < 1.29 is 24.5 Å². The molecule has 0 aromatic heterocycles. The minimum atomic E-state index is -0.902. The summed E-state index contributed by atoms with van der Waals surface area (Å²) in [7, 11) is 0. The Balaban J connectivity index is 1.45. The van der Waals surface area contributed by atoms with Crippen LogP contribution in [0.15, 0.2) is 11.1 Å².